The Balaban J connectivity index is 4.23. The number of hydrogen-bond acceptors (Lipinski definition) is 3. The highest BCUT2D eigenvalue weighted by atomic mass is 35.6. The molecule has 0 heterocycles. The minimum absolute atomic E-state index is 0.143. The Morgan fingerprint density at radius 3 is 2.06 bits per heavy atom. The number of halogens is 3. The van der Waals surface area contributed by atoms with Crippen LogP contribution in [0.15, 0.2) is 0 Å². The lowest BCUT2D eigenvalue weighted by atomic mass is 10.2. The maximum Gasteiger partial charge on any atom is 0.335 e. The number of carbonyl (C=O) groups excluding carboxylic acids is 1. The van der Waals surface area contributed by atoms with E-state index in [2.05, 4.69) is 0 Å². The summed E-state index contributed by atoms with van der Waals surface area (Å²) in [5.41, 5.74) is -0.548. The molecule has 0 saturated carbocycles. The smallest absolute Gasteiger partial charge is 0.335 e. The standard InChI is InChI=1S/C10H17Cl3O3/c1-5-7(15-6-10(11,12)13)8(14)16-9(2,3)4/h7H,5-6H2,1-4H3. The average Bonchev–Trinajstić information content (AvgIpc) is 1.99. The van der Waals surface area contributed by atoms with Crippen LogP contribution in [0.3, 0.4) is 0 Å². The molecule has 96 valence electrons. The van der Waals surface area contributed by atoms with E-state index in [1.807, 2.05) is 0 Å². The van der Waals surface area contributed by atoms with E-state index in [4.69, 9.17) is 44.3 Å². The first kappa shape index (κ1) is 16.3. The molecule has 1 atom stereocenters. The summed E-state index contributed by atoms with van der Waals surface area (Å²) >= 11 is 16.6. The van der Waals surface area contributed by atoms with Crippen molar-refractivity contribution >= 4 is 40.8 Å². The molecule has 0 spiro atoms. The minimum Gasteiger partial charge on any atom is -0.458 e. The fourth-order valence-electron chi connectivity index (χ4n) is 0.915. The highest BCUT2D eigenvalue weighted by Gasteiger charge is 2.28. The van der Waals surface area contributed by atoms with E-state index in [1.165, 1.54) is 0 Å². The highest BCUT2D eigenvalue weighted by molar-refractivity contribution is 6.67. The van der Waals surface area contributed by atoms with E-state index in [9.17, 15) is 4.79 Å². The topological polar surface area (TPSA) is 35.5 Å². The highest BCUT2D eigenvalue weighted by Crippen LogP contribution is 2.27. The summed E-state index contributed by atoms with van der Waals surface area (Å²) in [5, 5.41) is 0. The second-order valence-electron chi connectivity index (χ2n) is 4.36. The summed E-state index contributed by atoms with van der Waals surface area (Å²) in [4.78, 5) is 11.6. The predicted molar refractivity (Wildman–Crippen MR) is 66.2 cm³/mol. The molecule has 6 heteroatoms. The van der Waals surface area contributed by atoms with Gasteiger partial charge in [0.1, 0.15) is 5.60 Å². The van der Waals surface area contributed by atoms with Crippen LogP contribution in [0.1, 0.15) is 34.1 Å². The van der Waals surface area contributed by atoms with Crippen molar-refractivity contribution in [2.45, 2.75) is 49.6 Å². The minimum atomic E-state index is -1.52. The van der Waals surface area contributed by atoms with Gasteiger partial charge in [-0.05, 0) is 27.2 Å². The molecule has 0 radical (unpaired) electrons. The van der Waals surface area contributed by atoms with Gasteiger partial charge in [0.2, 0.25) is 3.79 Å². The molecule has 0 aliphatic heterocycles. The first-order chi connectivity index (χ1) is 7.05. The Morgan fingerprint density at radius 2 is 1.75 bits per heavy atom. The molecular weight excluding hydrogens is 274 g/mol. The molecule has 16 heavy (non-hydrogen) atoms. The molecule has 0 saturated heterocycles. The molecule has 0 aromatic carbocycles. The van der Waals surface area contributed by atoms with Gasteiger partial charge >= 0.3 is 5.97 Å². The number of ether oxygens (including phenoxy) is 2. The Bertz CT molecular complexity index is 230. The van der Waals surface area contributed by atoms with Gasteiger partial charge in [-0.3, -0.25) is 0 Å². The van der Waals surface area contributed by atoms with Crippen LogP contribution in [-0.4, -0.2) is 28.1 Å². The van der Waals surface area contributed by atoms with Gasteiger partial charge in [0.05, 0.1) is 6.61 Å². The predicted octanol–water partition coefficient (Wildman–Crippen LogP) is 3.49. The third kappa shape index (κ3) is 8.45. The zero-order valence-electron chi connectivity index (χ0n) is 9.85. The summed E-state index contributed by atoms with van der Waals surface area (Å²) < 4.78 is 8.84. The van der Waals surface area contributed by atoms with Crippen LogP contribution in [0, 0.1) is 0 Å². The molecule has 0 fully saturated rings. The molecule has 0 aliphatic rings. The Labute approximate surface area is 111 Å². The lowest BCUT2D eigenvalue weighted by molar-refractivity contribution is -0.168. The first-order valence-corrected chi connectivity index (χ1v) is 6.10. The van der Waals surface area contributed by atoms with Gasteiger partial charge < -0.3 is 9.47 Å². The van der Waals surface area contributed by atoms with Crippen LogP contribution < -0.4 is 0 Å². The van der Waals surface area contributed by atoms with Crippen molar-refractivity contribution in [1.82, 2.24) is 0 Å². The van der Waals surface area contributed by atoms with Crippen LogP contribution in [0.4, 0.5) is 0 Å². The van der Waals surface area contributed by atoms with E-state index < -0.39 is 21.5 Å². The lowest BCUT2D eigenvalue weighted by Crippen LogP contribution is -2.34. The maximum absolute atomic E-state index is 11.6. The van der Waals surface area contributed by atoms with Crippen molar-refractivity contribution < 1.29 is 14.3 Å². The lowest BCUT2D eigenvalue weighted by Gasteiger charge is -2.24. The van der Waals surface area contributed by atoms with Gasteiger partial charge in [0.25, 0.3) is 0 Å². The van der Waals surface area contributed by atoms with Crippen molar-refractivity contribution in [1.29, 1.82) is 0 Å². The Hall–Kier alpha value is 0.300. The van der Waals surface area contributed by atoms with Crippen LogP contribution in [0.2, 0.25) is 0 Å². The van der Waals surface area contributed by atoms with E-state index in [0.29, 0.717) is 6.42 Å². The summed E-state index contributed by atoms with van der Waals surface area (Å²) in [5.74, 6) is -0.441. The van der Waals surface area contributed by atoms with Gasteiger partial charge in [-0.1, -0.05) is 41.7 Å². The molecular formula is C10H17Cl3O3. The van der Waals surface area contributed by atoms with Crippen LogP contribution in [-0.2, 0) is 14.3 Å². The van der Waals surface area contributed by atoms with Gasteiger partial charge in [-0.15, -0.1) is 0 Å². The SMILES string of the molecule is CCC(OCC(Cl)(Cl)Cl)C(=O)OC(C)(C)C. The molecule has 0 amide bonds. The summed E-state index contributed by atoms with van der Waals surface area (Å²) in [6, 6.07) is 0. The van der Waals surface area contributed by atoms with Crippen molar-refractivity contribution in [2.75, 3.05) is 6.61 Å². The van der Waals surface area contributed by atoms with E-state index in [0.717, 1.165) is 0 Å². The van der Waals surface area contributed by atoms with Gasteiger partial charge in [-0.25, -0.2) is 4.79 Å². The van der Waals surface area contributed by atoms with Gasteiger partial charge in [0.15, 0.2) is 6.10 Å². The first-order valence-electron chi connectivity index (χ1n) is 4.96. The van der Waals surface area contributed by atoms with Gasteiger partial charge in [-0.2, -0.15) is 0 Å². The van der Waals surface area contributed by atoms with Crippen LogP contribution in [0.5, 0.6) is 0 Å². The second-order valence-corrected chi connectivity index (χ2v) is 6.87. The van der Waals surface area contributed by atoms with Crippen molar-refractivity contribution in [2.24, 2.45) is 0 Å². The normalized spacial score (nSPS) is 14.7. The van der Waals surface area contributed by atoms with Crippen molar-refractivity contribution in [3.63, 3.8) is 0 Å². The molecule has 0 aromatic rings. The number of carbonyl (C=O) groups is 1. The van der Waals surface area contributed by atoms with E-state index >= 15 is 0 Å². The van der Waals surface area contributed by atoms with Crippen LogP contribution in [0.25, 0.3) is 0 Å². The Morgan fingerprint density at radius 1 is 1.25 bits per heavy atom. The van der Waals surface area contributed by atoms with Crippen molar-refractivity contribution in [3.8, 4) is 0 Å². The zero-order chi connectivity index (χ0) is 13.0. The largest absolute Gasteiger partial charge is 0.458 e. The summed E-state index contributed by atoms with van der Waals surface area (Å²) in [7, 11) is 0. The number of hydrogen-bond donors (Lipinski definition) is 0. The second kappa shape index (κ2) is 6.29. The molecule has 0 aromatic heterocycles. The molecule has 3 nitrogen and oxygen atoms in total. The third-order valence-electron chi connectivity index (χ3n) is 1.49. The number of alkyl halides is 3. The average molecular weight is 292 g/mol. The van der Waals surface area contributed by atoms with Crippen molar-refractivity contribution in [3.05, 3.63) is 0 Å². The summed E-state index contributed by atoms with van der Waals surface area (Å²) in [6.45, 7) is 7.01. The molecule has 0 N–H and O–H groups in total. The number of esters is 1. The maximum atomic E-state index is 11.6. The zero-order valence-corrected chi connectivity index (χ0v) is 12.1. The molecule has 0 rings (SSSR count). The summed E-state index contributed by atoms with van der Waals surface area (Å²) in [6.07, 6.45) is -0.231. The fourth-order valence-corrected chi connectivity index (χ4v) is 1.10. The Kier molecular flexibility index (Phi) is 6.41. The van der Waals surface area contributed by atoms with E-state index in [1.54, 1.807) is 27.7 Å². The molecule has 1 unspecified atom stereocenters. The fraction of sp³-hybridized carbons (Fsp3) is 0.900. The van der Waals surface area contributed by atoms with Crippen LogP contribution >= 0.6 is 34.8 Å². The molecule has 0 aliphatic carbocycles. The molecule has 0 bridgehead atoms. The quantitative estimate of drug-likeness (QED) is 0.587. The van der Waals surface area contributed by atoms with E-state index in [-0.39, 0.29) is 6.61 Å². The third-order valence-corrected chi connectivity index (χ3v) is 1.82. The number of rotatable bonds is 4. The monoisotopic (exact) mass is 290 g/mol. The van der Waals surface area contributed by atoms with Gasteiger partial charge in [0, 0.05) is 0 Å².